The predicted octanol–water partition coefficient (Wildman–Crippen LogP) is 12.9. The molecule has 2 heteroatoms. The molecule has 0 aliphatic rings. The number of aromatic nitrogens is 2. The lowest BCUT2D eigenvalue weighted by molar-refractivity contribution is -0.727. The van der Waals surface area contributed by atoms with Gasteiger partial charge in [0.25, 0.3) is 5.82 Å². The number of nitrogens with one attached hydrogen (secondary N) is 1. The molecule has 1 N–H and O–H groups in total. The van der Waals surface area contributed by atoms with Crippen molar-refractivity contribution in [2.24, 2.45) is 0 Å². The highest BCUT2D eigenvalue weighted by molar-refractivity contribution is 4.90. The summed E-state index contributed by atoms with van der Waals surface area (Å²) in [7, 11) is 0. The fourth-order valence-corrected chi connectivity index (χ4v) is 6.43. The Hall–Kier alpha value is -0.790. The molecule has 0 radical (unpaired) electrons. The summed E-state index contributed by atoms with van der Waals surface area (Å²) in [4.78, 5) is 3.73. The second-order valence-corrected chi connectivity index (χ2v) is 12.9. The molecule has 0 spiro atoms. The summed E-state index contributed by atoms with van der Waals surface area (Å²) >= 11 is 0. The Kier molecular flexibility index (Phi) is 25.4. The van der Waals surface area contributed by atoms with E-state index in [1.165, 1.54) is 186 Å². The van der Waals surface area contributed by atoms with E-state index >= 15 is 0 Å². The van der Waals surface area contributed by atoms with Crippen molar-refractivity contribution in [3.8, 4) is 0 Å². The minimum atomic E-state index is 0.621. The van der Waals surface area contributed by atoms with Crippen molar-refractivity contribution in [1.82, 2.24) is 4.98 Å². The van der Waals surface area contributed by atoms with E-state index in [9.17, 15) is 0 Å². The normalized spacial score (nSPS) is 13.2. The molecular formula is C37H73N2+. The van der Waals surface area contributed by atoms with E-state index in [2.05, 4.69) is 49.6 Å². The van der Waals surface area contributed by atoms with Gasteiger partial charge in [0.1, 0.15) is 12.4 Å². The van der Waals surface area contributed by atoms with Gasteiger partial charge in [-0.25, -0.2) is 9.55 Å². The molecule has 0 aliphatic carbocycles. The number of H-pyrrole nitrogens is 1. The monoisotopic (exact) mass is 546 g/mol. The Morgan fingerprint density at radius 1 is 0.487 bits per heavy atom. The molecule has 1 aromatic heterocycles. The Labute approximate surface area is 246 Å². The van der Waals surface area contributed by atoms with Gasteiger partial charge < -0.3 is 0 Å². The molecule has 1 aromatic rings. The first kappa shape index (κ1) is 36.2. The van der Waals surface area contributed by atoms with Crippen LogP contribution >= 0.6 is 0 Å². The second-order valence-electron chi connectivity index (χ2n) is 12.9. The standard InChI is InChI=1S/C37H72N2/c1-5-8-11-14-17-19-20-23-26-29-32-36(31-28-25-21-16-13-10-7-3)37-38-33-34-39(37)35(4)30-27-24-22-18-15-12-9-6-2/h33-36H,5-32H2,1-4H3/p+1. The summed E-state index contributed by atoms with van der Waals surface area (Å²) in [5, 5.41) is 0. The van der Waals surface area contributed by atoms with Crippen molar-refractivity contribution in [1.29, 1.82) is 0 Å². The summed E-state index contributed by atoms with van der Waals surface area (Å²) in [6.07, 6.45) is 44.2. The minimum absolute atomic E-state index is 0.621. The maximum Gasteiger partial charge on any atom is 0.257 e. The van der Waals surface area contributed by atoms with Gasteiger partial charge in [-0.1, -0.05) is 175 Å². The van der Waals surface area contributed by atoms with Crippen LogP contribution in [0.1, 0.15) is 225 Å². The lowest BCUT2D eigenvalue weighted by Crippen LogP contribution is -2.41. The first-order chi connectivity index (χ1) is 19.2. The first-order valence-electron chi connectivity index (χ1n) is 18.3. The molecule has 230 valence electrons. The Balaban J connectivity index is 2.45. The maximum atomic E-state index is 3.73. The van der Waals surface area contributed by atoms with Crippen molar-refractivity contribution in [2.75, 3.05) is 0 Å². The van der Waals surface area contributed by atoms with Crippen molar-refractivity contribution < 1.29 is 4.57 Å². The quantitative estimate of drug-likeness (QED) is 0.0732. The molecule has 0 amide bonds. The van der Waals surface area contributed by atoms with E-state index < -0.39 is 0 Å². The largest absolute Gasteiger partial charge is 0.257 e. The molecule has 0 bridgehead atoms. The van der Waals surface area contributed by atoms with Crippen LogP contribution in [0.25, 0.3) is 0 Å². The topological polar surface area (TPSA) is 19.7 Å². The third-order valence-electron chi connectivity index (χ3n) is 9.14. The van der Waals surface area contributed by atoms with Crippen LogP contribution in [-0.4, -0.2) is 4.98 Å². The van der Waals surface area contributed by atoms with Crippen LogP contribution in [0.5, 0.6) is 0 Å². The van der Waals surface area contributed by atoms with E-state index in [0.29, 0.717) is 12.0 Å². The second kappa shape index (κ2) is 27.4. The van der Waals surface area contributed by atoms with Gasteiger partial charge in [-0.3, -0.25) is 0 Å². The molecule has 0 saturated heterocycles. The number of aromatic amines is 1. The number of unbranched alkanes of at least 4 members (excludes halogenated alkanes) is 22. The zero-order valence-electron chi connectivity index (χ0n) is 27.6. The zero-order valence-corrected chi connectivity index (χ0v) is 27.6. The van der Waals surface area contributed by atoms with E-state index in [1.54, 1.807) is 0 Å². The first-order valence-corrected chi connectivity index (χ1v) is 18.3. The molecule has 2 nitrogen and oxygen atoms in total. The number of nitrogens with zero attached hydrogens (tertiary/aromatic N) is 1. The summed E-state index contributed by atoms with van der Waals surface area (Å²) in [6, 6.07) is 0.621. The lowest BCUT2D eigenvalue weighted by Gasteiger charge is -2.17. The van der Waals surface area contributed by atoms with Crippen LogP contribution in [0.3, 0.4) is 0 Å². The number of imidazole rings is 1. The van der Waals surface area contributed by atoms with Gasteiger partial charge in [-0.05, 0) is 32.6 Å². The Morgan fingerprint density at radius 3 is 1.21 bits per heavy atom. The lowest BCUT2D eigenvalue weighted by atomic mass is 9.92. The Bertz CT molecular complexity index is 606. The van der Waals surface area contributed by atoms with Crippen LogP contribution in [-0.2, 0) is 0 Å². The van der Waals surface area contributed by atoms with Gasteiger partial charge in [-0.2, -0.15) is 0 Å². The minimum Gasteiger partial charge on any atom is -0.247 e. The maximum absolute atomic E-state index is 3.73. The van der Waals surface area contributed by atoms with Crippen molar-refractivity contribution in [3.05, 3.63) is 18.2 Å². The third kappa shape index (κ3) is 19.8. The van der Waals surface area contributed by atoms with Crippen LogP contribution in [0.4, 0.5) is 0 Å². The molecule has 0 fully saturated rings. The molecule has 2 unspecified atom stereocenters. The SMILES string of the molecule is CCCCCCCCCCCCC(CCCCCCCCC)c1[nH]cc[n+]1C(C)CCCCCCCCCC. The van der Waals surface area contributed by atoms with Crippen molar-refractivity contribution in [3.63, 3.8) is 0 Å². The Morgan fingerprint density at radius 2 is 0.821 bits per heavy atom. The predicted molar refractivity (Wildman–Crippen MR) is 175 cm³/mol. The molecule has 0 aliphatic heterocycles. The van der Waals surface area contributed by atoms with Crippen molar-refractivity contribution >= 4 is 0 Å². The number of hydrogen-bond acceptors (Lipinski definition) is 0. The van der Waals surface area contributed by atoms with Crippen LogP contribution < -0.4 is 4.57 Å². The van der Waals surface area contributed by atoms with Gasteiger partial charge in [0.15, 0.2) is 0 Å². The number of rotatable bonds is 30. The average Bonchev–Trinajstić information content (AvgIpc) is 3.44. The molecule has 2 atom stereocenters. The van der Waals surface area contributed by atoms with E-state index in [1.807, 2.05) is 0 Å². The highest BCUT2D eigenvalue weighted by Crippen LogP contribution is 2.27. The molecular weight excluding hydrogens is 472 g/mol. The van der Waals surface area contributed by atoms with Crippen LogP contribution in [0.15, 0.2) is 12.4 Å². The number of hydrogen-bond donors (Lipinski definition) is 1. The van der Waals surface area contributed by atoms with E-state index in [0.717, 1.165) is 0 Å². The van der Waals surface area contributed by atoms with E-state index in [4.69, 9.17) is 0 Å². The highest BCUT2D eigenvalue weighted by atomic mass is 15.1. The van der Waals surface area contributed by atoms with Gasteiger partial charge in [0.2, 0.25) is 0 Å². The zero-order chi connectivity index (χ0) is 28.2. The van der Waals surface area contributed by atoms with Gasteiger partial charge >= 0.3 is 0 Å². The summed E-state index contributed by atoms with van der Waals surface area (Å²) in [6.45, 7) is 9.40. The van der Waals surface area contributed by atoms with Gasteiger partial charge in [-0.15, -0.1) is 0 Å². The van der Waals surface area contributed by atoms with Crippen LogP contribution in [0, 0.1) is 0 Å². The highest BCUT2D eigenvalue weighted by Gasteiger charge is 2.25. The fraction of sp³-hybridized carbons (Fsp3) is 0.919. The molecule has 1 rings (SSSR count). The molecule has 0 aromatic carbocycles. The molecule has 39 heavy (non-hydrogen) atoms. The smallest absolute Gasteiger partial charge is 0.247 e. The average molecular weight is 546 g/mol. The van der Waals surface area contributed by atoms with Crippen LogP contribution in [0.2, 0.25) is 0 Å². The van der Waals surface area contributed by atoms with Gasteiger partial charge in [0.05, 0.1) is 12.0 Å². The fourth-order valence-electron chi connectivity index (χ4n) is 6.43. The summed E-state index contributed by atoms with van der Waals surface area (Å²) in [5.41, 5.74) is 0. The summed E-state index contributed by atoms with van der Waals surface area (Å²) < 4.78 is 2.63. The van der Waals surface area contributed by atoms with Crippen molar-refractivity contribution in [2.45, 2.75) is 219 Å². The third-order valence-corrected chi connectivity index (χ3v) is 9.14. The van der Waals surface area contributed by atoms with E-state index in [-0.39, 0.29) is 0 Å². The summed E-state index contributed by atoms with van der Waals surface area (Å²) in [5.74, 6) is 2.25. The molecule has 1 heterocycles. The van der Waals surface area contributed by atoms with Gasteiger partial charge in [0, 0.05) is 0 Å². The molecule has 0 saturated carbocycles.